The average molecular weight is 1530 g/mol. The number of hydrogen-bond donors (Lipinski definition) is 9. The van der Waals surface area contributed by atoms with Gasteiger partial charge >= 0.3 is 53.1 Å². The second kappa shape index (κ2) is 43.0. The Morgan fingerprint density at radius 2 is 0.836 bits per heavy atom. The average Bonchev–Trinajstić information content (AvgIpc) is 0.846. The topological polar surface area (TPSA) is 486 Å². The van der Waals surface area contributed by atoms with Crippen molar-refractivity contribution in [2.75, 3.05) is 123 Å². The Labute approximate surface area is 627 Å². The van der Waals surface area contributed by atoms with E-state index >= 15 is 0 Å². The number of ether oxygens (including phenoxy) is 5. The normalized spacial score (nSPS) is 10.8. The van der Waals surface area contributed by atoms with Crippen LogP contribution < -0.4 is 85.9 Å². The van der Waals surface area contributed by atoms with Gasteiger partial charge < -0.3 is 55.2 Å². The number of aromatic nitrogens is 8. The minimum atomic E-state index is -1.04. The number of nitrogens with zero attached hydrogens (tertiary/aromatic N) is 11. The second-order valence-electron chi connectivity index (χ2n) is 24.8. The Morgan fingerprint density at radius 3 is 1.24 bits per heavy atom. The molecule has 0 aliphatic rings. The predicted octanol–water partition coefficient (Wildman–Crippen LogP) is -0.0811. The van der Waals surface area contributed by atoms with Crippen LogP contribution in [-0.2, 0) is 78.8 Å². The molecule has 0 radical (unpaired) electrons. The van der Waals surface area contributed by atoms with Gasteiger partial charge in [-0.1, -0.05) is 97.4 Å². The molecule has 0 spiro atoms. The van der Waals surface area contributed by atoms with Crippen LogP contribution in [0.25, 0.3) is 0 Å². The summed E-state index contributed by atoms with van der Waals surface area (Å²) >= 11 is 0. The van der Waals surface area contributed by atoms with Crippen LogP contribution in [0, 0.1) is 0 Å². The smallest absolute Gasteiger partial charge is 0.413 e. The molecule has 40 heteroatoms. The van der Waals surface area contributed by atoms with Gasteiger partial charge in [-0.2, -0.15) is 15.0 Å². The summed E-state index contributed by atoms with van der Waals surface area (Å²) in [5.74, 6) is -4.95. The van der Waals surface area contributed by atoms with Crippen LogP contribution in [0.4, 0.5) is 36.6 Å². The number of amides is 9. The first-order chi connectivity index (χ1) is 52.7. The maximum Gasteiger partial charge on any atom is 0.413 e. The van der Waals surface area contributed by atoms with Gasteiger partial charge in [0.1, 0.15) is 69.1 Å². The maximum atomic E-state index is 14.1. The monoisotopic (exact) mass is 1530 g/mol. The molecule has 40 nitrogen and oxygen atoms in total. The summed E-state index contributed by atoms with van der Waals surface area (Å²) in [5.41, 5.74) is -3.28. The number of anilines is 3. The zero-order chi connectivity index (χ0) is 79.4. The van der Waals surface area contributed by atoms with E-state index in [9.17, 15) is 71.9 Å². The van der Waals surface area contributed by atoms with Crippen molar-refractivity contribution in [1.82, 2.24) is 70.0 Å². The highest BCUT2D eigenvalue weighted by molar-refractivity contribution is 5.86. The molecule has 7 rings (SSSR count). The van der Waals surface area contributed by atoms with Crippen LogP contribution >= 0.6 is 0 Å². The maximum absolute atomic E-state index is 14.1. The third kappa shape index (κ3) is 30.0. The fraction of sp³-hybridized carbons (Fsp3) is 0.371. The number of methoxy groups -OCH3 is 1. The van der Waals surface area contributed by atoms with E-state index < -0.39 is 121 Å². The summed E-state index contributed by atoms with van der Waals surface area (Å²) in [6, 6.07) is 31.0. The van der Waals surface area contributed by atoms with Crippen molar-refractivity contribution in [1.29, 1.82) is 0 Å². The van der Waals surface area contributed by atoms with Crippen molar-refractivity contribution in [3.05, 3.63) is 209 Å². The van der Waals surface area contributed by atoms with Crippen LogP contribution in [0.1, 0.15) is 63.1 Å². The van der Waals surface area contributed by atoms with Gasteiger partial charge in [0.15, 0.2) is 0 Å². The number of rotatable bonds is 40. The summed E-state index contributed by atoms with van der Waals surface area (Å²) in [4.78, 5) is 212. The van der Waals surface area contributed by atoms with Gasteiger partial charge in [-0.25, -0.2) is 52.4 Å². The first kappa shape index (κ1) is 83.6. The third-order valence-corrected chi connectivity index (χ3v) is 15.2. The number of alkyl carbamates (subject to hydrolysis) is 1. The summed E-state index contributed by atoms with van der Waals surface area (Å²) in [6.45, 7) is -0.148. The van der Waals surface area contributed by atoms with Gasteiger partial charge in [-0.15, -0.1) is 0 Å². The van der Waals surface area contributed by atoms with Crippen LogP contribution in [0.5, 0.6) is 0 Å². The molecule has 0 bridgehead atoms. The molecule has 4 aromatic heterocycles. The lowest BCUT2D eigenvalue weighted by molar-refractivity contribution is -0.139. The van der Waals surface area contributed by atoms with Crippen LogP contribution in [0.2, 0.25) is 0 Å². The molecular weight excluding hydrogens is 1440 g/mol. The van der Waals surface area contributed by atoms with E-state index in [1.165, 1.54) is 41.8 Å². The first-order valence-electron chi connectivity index (χ1n) is 34.4. The molecule has 0 aliphatic heterocycles. The van der Waals surface area contributed by atoms with E-state index in [-0.39, 0.29) is 102 Å². The Bertz CT molecular complexity index is 4590. The fourth-order valence-electron chi connectivity index (χ4n) is 9.90. The molecule has 0 saturated heterocycles. The van der Waals surface area contributed by atoms with E-state index in [2.05, 4.69) is 57.5 Å². The third-order valence-electron chi connectivity index (χ3n) is 15.2. The van der Waals surface area contributed by atoms with Crippen molar-refractivity contribution < 1.29 is 71.6 Å². The van der Waals surface area contributed by atoms with Crippen molar-refractivity contribution >= 4 is 77.3 Å². The van der Waals surface area contributed by atoms with E-state index in [4.69, 9.17) is 23.7 Å². The highest BCUT2D eigenvalue weighted by atomic mass is 16.6. The summed E-state index contributed by atoms with van der Waals surface area (Å²) in [7, 11) is 1.12. The van der Waals surface area contributed by atoms with E-state index in [0.717, 1.165) is 52.9 Å². The van der Waals surface area contributed by atoms with Crippen molar-refractivity contribution in [2.24, 2.45) is 0 Å². The Morgan fingerprint density at radius 1 is 0.436 bits per heavy atom. The lowest BCUT2D eigenvalue weighted by Crippen LogP contribution is -2.54. The van der Waals surface area contributed by atoms with Gasteiger partial charge in [0.2, 0.25) is 29.5 Å². The molecule has 110 heavy (non-hydrogen) atoms. The molecule has 4 heterocycles. The quantitative estimate of drug-likeness (QED) is 0.0138. The summed E-state index contributed by atoms with van der Waals surface area (Å²) in [5, 5.41) is 23.9. The minimum absolute atomic E-state index is 0.0724. The number of hydrogen-bond acceptors (Lipinski definition) is 26. The molecule has 0 saturated carbocycles. The van der Waals surface area contributed by atoms with Crippen LogP contribution in [0.3, 0.4) is 0 Å². The molecular formula is C70H86N20O20. The highest BCUT2D eigenvalue weighted by Crippen LogP contribution is 2.10. The SMILES string of the molecule is COC(=O)CN(CCNC(=O)CN(CCNC(=O)CN(CCNC(=O)CN(CCNC(=O)CCCCCNC(=O)OC(C)(C)C)C(=O)Cn1ccc(=O)[nH]c1=O)n1ccc(NC(=O)OCc2ccccc2)nc1=O)n1ccc(NC(=O)OCc2ccccc2)nc1=O)n1ccc(NC(=O)OCc2ccccc2)nc1=O. The molecule has 586 valence electrons. The zero-order valence-electron chi connectivity index (χ0n) is 60.7. The predicted molar refractivity (Wildman–Crippen MR) is 395 cm³/mol. The molecule has 3 aromatic carbocycles. The number of carbonyl (C=O) groups is 10. The highest BCUT2D eigenvalue weighted by Gasteiger charge is 2.24. The van der Waals surface area contributed by atoms with Gasteiger partial charge in [0, 0.05) is 76.5 Å². The van der Waals surface area contributed by atoms with Gasteiger partial charge in [0.05, 0.1) is 33.3 Å². The number of esters is 1. The molecule has 0 unspecified atom stereocenters. The standard InChI is InChI=1S/C70H86N20O20/c1-70(2,3)110-66(102)75-28-16-8-15-23-55(91)71-29-37-83(60(96)44-84-33-27-56(92)82-62(84)98)41-57(93)72-30-38-85(88-34-24-52(76-63(88)99)79-67(103)107-46-49-17-9-5-10-18-49)42-58(94)73-31-39-86(89-35-25-53(77-64(89)100)80-68(104)108-47-50-19-11-6-12-20-50)43-59(95)74-32-40-87(45-61(97)106-4)90-36-26-54(78-65(90)101)81-69(105)109-48-51-21-13-7-14-22-51/h5-7,9-14,17-22,24-27,33-36H,8,15-16,23,28-32,37-48H2,1-4H3,(H,71,91)(H,72,93)(H,73,94)(H,74,95)(H,75,102)(H,82,92,98)(H,76,79,99,103)(H,77,80,100,104)(H,78,81,101,105). The molecule has 0 fully saturated rings. The van der Waals surface area contributed by atoms with Gasteiger partial charge in [-0.3, -0.25) is 74.1 Å². The number of nitrogens with one attached hydrogen (secondary N) is 9. The first-order valence-corrected chi connectivity index (χ1v) is 34.4. The lowest BCUT2D eigenvalue weighted by Gasteiger charge is -2.28. The van der Waals surface area contributed by atoms with Gasteiger partial charge in [0.25, 0.3) is 5.56 Å². The largest absolute Gasteiger partial charge is 0.468 e. The minimum Gasteiger partial charge on any atom is -0.468 e. The Hall–Kier alpha value is -13.7. The van der Waals surface area contributed by atoms with E-state index in [1.807, 2.05) is 4.98 Å². The van der Waals surface area contributed by atoms with E-state index in [0.29, 0.717) is 42.5 Å². The van der Waals surface area contributed by atoms with Crippen LogP contribution in [0.15, 0.2) is 164 Å². The number of carbonyl (C=O) groups excluding carboxylic acids is 10. The molecule has 0 atom stereocenters. The van der Waals surface area contributed by atoms with E-state index in [1.54, 1.807) is 112 Å². The molecule has 9 amide bonds. The van der Waals surface area contributed by atoms with Crippen molar-refractivity contribution in [3.8, 4) is 0 Å². The Balaban J connectivity index is 1.04. The molecule has 9 N–H and O–H groups in total. The lowest BCUT2D eigenvalue weighted by atomic mass is 10.2. The summed E-state index contributed by atoms with van der Waals surface area (Å²) < 4.78 is 29.5. The molecule has 0 aliphatic carbocycles. The number of benzene rings is 3. The Kier molecular flexibility index (Phi) is 32.7. The zero-order valence-corrected chi connectivity index (χ0v) is 60.7. The molecule has 7 aromatic rings. The van der Waals surface area contributed by atoms with Crippen LogP contribution in [-0.4, -0.2) is 201 Å². The second-order valence-corrected chi connectivity index (χ2v) is 24.8. The number of H-pyrrole nitrogens is 1. The van der Waals surface area contributed by atoms with Crippen molar-refractivity contribution in [3.63, 3.8) is 0 Å². The number of unbranched alkanes of at least 4 members (excludes halogenated alkanes) is 2. The number of aromatic amines is 1. The van der Waals surface area contributed by atoms with Crippen molar-refractivity contribution in [2.45, 2.75) is 78.4 Å². The summed E-state index contributed by atoms with van der Waals surface area (Å²) in [6.07, 6.45) is 2.94. The fourth-order valence-corrected chi connectivity index (χ4v) is 9.90. The van der Waals surface area contributed by atoms with Gasteiger partial charge in [-0.05, 0) is 68.5 Å².